The third kappa shape index (κ3) is 3.30. The maximum absolute atomic E-state index is 3.59. The molecular weight excluding hydrogens is 208 g/mol. The van der Waals surface area contributed by atoms with Gasteiger partial charge in [-0.3, -0.25) is 0 Å². The maximum Gasteiger partial charge on any atom is 0.0449 e. The second-order valence-corrected chi connectivity index (χ2v) is 5.05. The van der Waals surface area contributed by atoms with Crippen LogP contribution < -0.4 is 5.32 Å². The summed E-state index contributed by atoms with van der Waals surface area (Å²) in [6, 6.07) is 12.1. The molecule has 0 radical (unpaired) electrons. The van der Waals surface area contributed by atoms with Crippen LogP contribution in [0, 0.1) is 0 Å². The largest absolute Gasteiger partial charge is 0.309 e. The van der Waals surface area contributed by atoms with Crippen LogP contribution >= 0.6 is 0 Å². The van der Waals surface area contributed by atoms with E-state index in [1.165, 1.54) is 24.8 Å². The lowest BCUT2D eigenvalue weighted by Gasteiger charge is -2.37. The summed E-state index contributed by atoms with van der Waals surface area (Å²) in [4.78, 5) is 2.52. The Kier molecular flexibility index (Phi) is 4.57. The first-order valence-corrected chi connectivity index (χ1v) is 6.80. The number of nitrogens with zero attached hydrogens (tertiary/aromatic N) is 1. The highest BCUT2D eigenvalue weighted by Crippen LogP contribution is 2.25. The molecule has 1 aromatic carbocycles. The third-order valence-corrected chi connectivity index (χ3v) is 3.82. The van der Waals surface area contributed by atoms with E-state index in [0.29, 0.717) is 6.04 Å². The maximum atomic E-state index is 3.59. The number of benzene rings is 1. The molecule has 0 spiro atoms. The van der Waals surface area contributed by atoms with Crippen LogP contribution in [0.5, 0.6) is 0 Å². The molecule has 1 aromatic rings. The molecule has 0 aliphatic heterocycles. The van der Waals surface area contributed by atoms with Crippen molar-refractivity contribution in [2.75, 3.05) is 20.1 Å². The van der Waals surface area contributed by atoms with Gasteiger partial charge in [-0.15, -0.1) is 0 Å². The fourth-order valence-corrected chi connectivity index (χ4v) is 2.48. The first-order chi connectivity index (χ1) is 8.31. The molecule has 1 saturated carbocycles. The van der Waals surface area contributed by atoms with Crippen LogP contribution in [0.3, 0.4) is 0 Å². The molecule has 94 valence electrons. The third-order valence-electron chi connectivity index (χ3n) is 3.82. The van der Waals surface area contributed by atoms with Gasteiger partial charge in [0.2, 0.25) is 0 Å². The summed E-state index contributed by atoms with van der Waals surface area (Å²) in [5.41, 5.74) is 1.40. The lowest BCUT2D eigenvalue weighted by atomic mass is 9.91. The molecule has 1 aliphatic rings. The fourth-order valence-electron chi connectivity index (χ4n) is 2.48. The van der Waals surface area contributed by atoms with Gasteiger partial charge in [0.25, 0.3) is 0 Å². The van der Waals surface area contributed by atoms with E-state index < -0.39 is 0 Å². The van der Waals surface area contributed by atoms with Gasteiger partial charge in [-0.1, -0.05) is 43.7 Å². The highest BCUT2D eigenvalue weighted by Gasteiger charge is 2.24. The lowest BCUT2D eigenvalue weighted by molar-refractivity contribution is 0.145. The lowest BCUT2D eigenvalue weighted by Crippen LogP contribution is -2.42. The van der Waals surface area contributed by atoms with Gasteiger partial charge in [-0.25, -0.2) is 0 Å². The molecule has 0 heterocycles. The predicted octanol–water partition coefficient (Wildman–Crippen LogP) is 2.82. The molecule has 0 amide bonds. The zero-order valence-corrected chi connectivity index (χ0v) is 11.0. The quantitative estimate of drug-likeness (QED) is 0.811. The Bertz CT molecular complexity index is 319. The molecule has 1 N–H and O–H groups in total. The summed E-state index contributed by atoms with van der Waals surface area (Å²) >= 11 is 0. The predicted molar refractivity (Wildman–Crippen MR) is 73.1 cm³/mol. The summed E-state index contributed by atoms with van der Waals surface area (Å²) in [7, 11) is 2.26. The van der Waals surface area contributed by atoms with Gasteiger partial charge in [0.05, 0.1) is 0 Å². The van der Waals surface area contributed by atoms with Gasteiger partial charge in [-0.05, 0) is 32.0 Å². The summed E-state index contributed by atoms with van der Waals surface area (Å²) < 4.78 is 0. The van der Waals surface area contributed by atoms with Gasteiger partial charge in [0.15, 0.2) is 0 Å². The van der Waals surface area contributed by atoms with Crippen molar-refractivity contribution in [1.82, 2.24) is 10.2 Å². The molecule has 1 atom stereocenters. The van der Waals surface area contributed by atoms with Crippen molar-refractivity contribution in [2.45, 2.75) is 38.3 Å². The Labute approximate surface area is 105 Å². The normalized spacial score (nSPS) is 18.1. The SMILES string of the molecule is CCNC(CN(C)C1CCC1)c1ccccc1. The van der Waals surface area contributed by atoms with Gasteiger partial charge >= 0.3 is 0 Å². The summed E-state index contributed by atoms with van der Waals surface area (Å²) in [6.07, 6.45) is 4.17. The Morgan fingerprint density at radius 3 is 2.53 bits per heavy atom. The van der Waals surface area contributed by atoms with Crippen molar-refractivity contribution in [3.63, 3.8) is 0 Å². The van der Waals surface area contributed by atoms with E-state index in [4.69, 9.17) is 0 Å². The molecule has 17 heavy (non-hydrogen) atoms. The molecular formula is C15H24N2. The van der Waals surface area contributed by atoms with Crippen LogP contribution in [-0.2, 0) is 0 Å². The second kappa shape index (κ2) is 6.18. The minimum absolute atomic E-state index is 0.465. The number of rotatable bonds is 6. The summed E-state index contributed by atoms with van der Waals surface area (Å²) in [5.74, 6) is 0. The molecule has 0 aromatic heterocycles. The van der Waals surface area contributed by atoms with Crippen LogP contribution in [0.15, 0.2) is 30.3 Å². The highest BCUT2D eigenvalue weighted by molar-refractivity contribution is 5.19. The molecule has 2 nitrogen and oxygen atoms in total. The molecule has 0 bridgehead atoms. The van der Waals surface area contributed by atoms with Gasteiger partial charge in [0, 0.05) is 18.6 Å². The Morgan fingerprint density at radius 1 is 1.29 bits per heavy atom. The van der Waals surface area contributed by atoms with E-state index >= 15 is 0 Å². The summed E-state index contributed by atoms with van der Waals surface area (Å²) in [5, 5.41) is 3.59. The molecule has 0 saturated heterocycles. The average molecular weight is 232 g/mol. The van der Waals surface area contributed by atoms with E-state index in [-0.39, 0.29) is 0 Å². The first kappa shape index (κ1) is 12.6. The second-order valence-electron chi connectivity index (χ2n) is 5.05. The van der Waals surface area contributed by atoms with Crippen LogP contribution in [0.25, 0.3) is 0 Å². The van der Waals surface area contributed by atoms with Crippen molar-refractivity contribution >= 4 is 0 Å². The Balaban J connectivity index is 1.96. The van der Waals surface area contributed by atoms with Crippen molar-refractivity contribution in [3.8, 4) is 0 Å². The number of nitrogens with one attached hydrogen (secondary N) is 1. The van der Waals surface area contributed by atoms with E-state index in [1.807, 2.05) is 0 Å². The van der Waals surface area contributed by atoms with E-state index in [0.717, 1.165) is 19.1 Å². The topological polar surface area (TPSA) is 15.3 Å². The average Bonchev–Trinajstić information content (AvgIpc) is 2.27. The van der Waals surface area contributed by atoms with Crippen LogP contribution in [-0.4, -0.2) is 31.1 Å². The van der Waals surface area contributed by atoms with Gasteiger partial charge in [-0.2, -0.15) is 0 Å². The standard InChI is InChI=1S/C15H24N2/c1-3-16-15(13-8-5-4-6-9-13)12-17(2)14-10-7-11-14/h4-6,8-9,14-16H,3,7,10-12H2,1-2H3. The van der Waals surface area contributed by atoms with Crippen LogP contribution in [0.1, 0.15) is 37.8 Å². The van der Waals surface area contributed by atoms with E-state index in [1.54, 1.807) is 0 Å². The fraction of sp³-hybridized carbons (Fsp3) is 0.600. The Hall–Kier alpha value is -0.860. The van der Waals surface area contributed by atoms with E-state index in [9.17, 15) is 0 Å². The summed E-state index contributed by atoms with van der Waals surface area (Å²) in [6.45, 7) is 4.32. The number of hydrogen-bond donors (Lipinski definition) is 1. The monoisotopic (exact) mass is 232 g/mol. The van der Waals surface area contributed by atoms with Crippen molar-refractivity contribution < 1.29 is 0 Å². The minimum atomic E-state index is 0.465. The van der Waals surface area contributed by atoms with Crippen LogP contribution in [0.4, 0.5) is 0 Å². The number of hydrogen-bond acceptors (Lipinski definition) is 2. The van der Waals surface area contributed by atoms with Crippen LogP contribution in [0.2, 0.25) is 0 Å². The highest BCUT2D eigenvalue weighted by atomic mass is 15.2. The first-order valence-electron chi connectivity index (χ1n) is 6.80. The van der Waals surface area contributed by atoms with Gasteiger partial charge in [0.1, 0.15) is 0 Å². The zero-order valence-electron chi connectivity index (χ0n) is 11.0. The smallest absolute Gasteiger partial charge is 0.0449 e. The molecule has 1 fully saturated rings. The molecule has 2 rings (SSSR count). The zero-order chi connectivity index (χ0) is 12.1. The van der Waals surface area contributed by atoms with Crippen molar-refractivity contribution in [1.29, 1.82) is 0 Å². The minimum Gasteiger partial charge on any atom is -0.309 e. The molecule has 1 aliphatic carbocycles. The van der Waals surface area contributed by atoms with Crippen molar-refractivity contribution in [3.05, 3.63) is 35.9 Å². The Morgan fingerprint density at radius 2 is 2.00 bits per heavy atom. The number of likely N-dealkylation sites (N-methyl/N-ethyl adjacent to an activating group) is 2. The van der Waals surface area contributed by atoms with E-state index in [2.05, 4.69) is 54.5 Å². The molecule has 1 unspecified atom stereocenters. The van der Waals surface area contributed by atoms with Gasteiger partial charge < -0.3 is 10.2 Å². The molecule has 2 heteroatoms. The van der Waals surface area contributed by atoms with Crippen molar-refractivity contribution in [2.24, 2.45) is 0 Å².